The van der Waals surface area contributed by atoms with E-state index in [1.165, 1.54) is 0 Å². The molecule has 0 aliphatic heterocycles. The molecular weight excluding hydrogens is 254 g/mol. The van der Waals surface area contributed by atoms with Crippen LogP contribution in [0.1, 0.15) is 12.0 Å². The smallest absolute Gasteiger partial charge is 0.264 e. The molecule has 0 aliphatic rings. The van der Waals surface area contributed by atoms with Crippen LogP contribution in [0.2, 0.25) is 0 Å². The van der Waals surface area contributed by atoms with E-state index in [2.05, 4.69) is 0 Å². The van der Waals surface area contributed by atoms with E-state index < -0.39 is 10.1 Å². The summed E-state index contributed by atoms with van der Waals surface area (Å²) >= 11 is 0. The zero-order valence-corrected chi connectivity index (χ0v) is 11.6. The van der Waals surface area contributed by atoms with Gasteiger partial charge in [-0.1, -0.05) is 30.3 Å². The number of hydrogen-bond donors (Lipinski definition) is 1. The Kier molecular flexibility index (Phi) is 5.28. The first kappa shape index (κ1) is 15.1. The van der Waals surface area contributed by atoms with Crippen LogP contribution in [0.5, 0.6) is 0 Å². The summed E-state index contributed by atoms with van der Waals surface area (Å²) in [6.45, 7) is 0.992. The van der Waals surface area contributed by atoms with Crippen LogP contribution in [-0.4, -0.2) is 44.1 Å². The highest BCUT2D eigenvalue weighted by Gasteiger charge is 2.18. The highest BCUT2D eigenvalue weighted by atomic mass is 32.2. The maximum atomic E-state index is 10.5. The van der Waals surface area contributed by atoms with Crippen molar-refractivity contribution in [2.24, 2.45) is 0 Å². The molecule has 0 saturated heterocycles. The van der Waals surface area contributed by atoms with E-state index >= 15 is 0 Å². The molecule has 0 saturated carbocycles. The van der Waals surface area contributed by atoms with Crippen molar-refractivity contribution >= 4 is 10.1 Å². The number of hydrogen-bond acceptors (Lipinski definition) is 3. The van der Waals surface area contributed by atoms with Gasteiger partial charge in [-0.3, -0.25) is 4.55 Å². The molecule has 18 heavy (non-hydrogen) atoms. The highest BCUT2D eigenvalue weighted by molar-refractivity contribution is 7.85. The molecule has 0 radical (unpaired) electrons. The van der Waals surface area contributed by atoms with Crippen LogP contribution in [0.4, 0.5) is 0 Å². The lowest BCUT2D eigenvalue weighted by Gasteiger charge is -2.26. The summed E-state index contributed by atoms with van der Waals surface area (Å²) in [5, 5.41) is 0. The Balaban J connectivity index is 2.36. The Morgan fingerprint density at radius 2 is 1.83 bits per heavy atom. The van der Waals surface area contributed by atoms with E-state index in [4.69, 9.17) is 9.39 Å². The summed E-state index contributed by atoms with van der Waals surface area (Å²) in [5.74, 6) is -0.266. The number of nitrogens with zero attached hydrogens (tertiary/aromatic N) is 1. The molecule has 0 spiro atoms. The Hall–Kier alpha value is -0.950. The Bertz CT molecular complexity index is 456. The van der Waals surface area contributed by atoms with Crippen LogP contribution < -0.4 is 0 Å². The normalized spacial score (nSPS) is 12.6. The summed E-state index contributed by atoms with van der Waals surface area (Å²) < 4.78 is 30.0. The van der Waals surface area contributed by atoms with Crippen molar-refractivity contribution in [2.75, 3.05) is 26.5 Å². The fraction of sp³-hybridized carbons (Fsp3) is 0.500. The highest BCUT2D eigenvalue weighted by Crippen LogP contribution is 2.10. The van der Waals surface area contributed by atoms with Crippen LogP contribution in [0.15, 0.2) is 30.3 Å². The van der Waals surface area contributed by atoms with E-state index in [9.17, 15) is 8.42 Å². The zero-order chi connectivity index (χ0) is 13.6. The first-order chi connectivity index (χ1) is 8.29. The standard InChI is InChI=1S/C12H19NO4S/c1-13(2,11-12-7-4-3-5-8-12)17-9-6-10-18(14,15)16/h3-5,7-8H,6,9-11H2,1-2H3/p+1. The maximum Gasteiger partial charge on any atom is 0.264 e. The molecule has 6 heteroatoms. The van der Waals surface area contributed by atoms with E-state index in [1.54, 1.807) is 0 Å². The molecule has 0 aromatic heterocycles. The maximum absolute atomic E-state index is 10.5. The van der Waals surface area contributed by atoms with Gasteiger partial charge in [0.15, 0.2) is 0 Å². The van der Waals surface area contributed by atoms with Crippen molar-refractivity contribution in [2.45, 2.75) is 13.0 Å². The minimum Gasteiger partial charge on any atom is -0.286 e. The molecule has 0 fully saturated rings. The van der Waals surface area contributed by atoms with Crippen LogP contribution in [0, 0.1) is 0 Å². The number of benzene rings is 1. The van der Waals surface area contributed by atoms with Gasteiger partial charge in [-0.2, -0.15) is 13.1 Å². The fourth-order valence-corrected chi connectivity index (χ4v) is 2.10. The van der Waals surface area contributed by atoms with Crippen LogP contribution in [0.25, 0.3) is 0 Å². The minimum atomic E-state index is -3.89. The van der Waals surface area contributed by atoms with Gasteiger partial charge in [0.25, 0.3) is 10.1 Å². The molecule has 1 aromatic carbocycles. The third-order valence-corrected chi connectivity index (χ3v) is 3.20. The summed E-state index contributed by atoms with van der Waals surface area (Å²) in [4.78, 5) is 5.59. The average Bonchev–Trinajstić information content (AvgIpc) is 2.24. The summed E-state index contributed by atoms with van der Waals surface area (Å²) in [6.07, 6.45) is 0.287. The molecule has 0 atom stereocenters. The molecule has 102 valence electrons. The van der Waals surface area contributed by atoms with Gasteiger partial charge in [0, 0.05) is 5.56 Å². The quantitative estimate of drug-likeness (QED) is 0.354. The second-order valence-corrected chi connectivity index (χ2v) is 6.26. The van der Waals surface area contributed by atoms with Crippen LogP contribution in [-0.2, 0) is 21.5 Å². The Morgan fingerprint density at radius 3 is 2.39 bits per heavy atom. The Labute approximate surface area is 108 Å². The second-order valence-electron chi connectivity index (χ2n) is 4.69. The van der Waals surface area contributed by atoms with Gasteiger partial charge >= 0.3 is 0 Å². The molecular formula is C12H20NO4S+. The minimum absolute atomic E-state index is 0.266. The molecule has 0 heterocycles. The van der Waals surface area contributed by atoms with Crippen LogP contribution in [0.3, 0.4) is 0 Å². The van der Waals surface area contributed by atoms with Gasteiger partial charge in [-0.05, 0) is 6.42 Å². The largest absolute Gasteiger partial charge is 0.286 e. The molecule has 1 rings (SSSR count). The summed E-state index contributed by atoms with van der Waals surface area (Å²) in [5.41, 5.74) is 1.15. The average molecular weight is 274 g/mol. The van der Waals surface area contributed by atoms with Gasteiger partial charge in [-0.25, -0.2) is 4.84 Å². The van der Waals surface area contributed by atoms with Crippen molar-refractivity contribution in [1.29, 1.82) is 0 Å². The molecule has 0 bridgehead atoms. The van der Waals surface area contributed by atoms with Crippen molar-refractivity contribution in [3.8, 4) is 0 Å². The van der Waals surface area contributed by atoms with Crippen molar-refractivity contribution in [3.63, 3.8) is 0 Å². The van der Waals surface area contributed by atoms with Gasteiger partial charge < -0.3 is 0 Å². The number of rotatable bonds is 7. The van der Waals surface area contributed by atoms with Gasteiger partial charge in [0.2, 0.25) is 0 Å². The molecule has 0 unspecified atom stereocenters. The zero-order valence-electron chi connectivity index (χ0n) is 10.7. The van der Waals surface area contributed by atoms with Crippen LogP contribution >= 0.6 is 0 Å². The van der Waals surface area contributed by atoms with Gasteiger partial charge in [0.1, 0.15) is 13.2 Å². The summed E-state index contributed by atoms with van der Waals surface area (Å²) in [7, 11) is -0.0812. The third-order valence-electron chi connectivity index (χ3n) is 2.39. The predicted molar refractivity (Wildman–Crippen MR) is 69.2 cm³/mol. The lowest BCUT2D eigenvalue weighted by molar-refractivity contribution is -1.09. The van der Waals surface area contributed by atoms with Crippen molar-refractivity contribution < 1.29 is 22.5 Å². The molecule has 5 nitrogen and oxygen atoms in total. The Morgan fingerprint density at radius 1 is 1.22 bits per heavy atom. The van der Waals surface area contributed by atoms with Gasteiger partial charge in [0.05, 0.1) is 19.8 Å². The molecule has 1 aromatic rings. The predicted octanol–water partition coefficient (Wildman–Crippen LogP) is 1.47. The molecule has 1 N–H and O–H groups in total. The lowest BCUT2D eigenvalue weighted by Crippen LogP contribution is -2.39. The fourth-order valence-electron chi connectivity index (χ4n) is 1.62. The van der Waals surface area contributed by atoms with Crippen molar-refractivity contribution in [1.82, 2.24) is 0 Å². The first-order valence-corrected chi connectivity index (χ1v) is 7.36. The van der Waals surface area contributed by atoms with Gasteiger partial charge in [-0.15, -0.1) is 0 Å². The van der Waals surface area contributed by atoms with E-state index in [0.717, 1.165) is 5.56 Å². The lowest BCUT2D eigenvalue weighted by atomic mass is 10.2. The number of hydroxylamine groups is 3. The topological polar surface area (TPSA) is 63.6 Å². The second kappa shape index (κ2) is 6.29. The van der Waals surface area contributed by atoms with Crippen molar-refractivity contribution in [3.05, 3.63) is 35.9 Å². The van der Waals surface area contributed by atoms with E-state index in [-0.39, 0.29) is 12.2 Å². The number of quaternary nitrogens is 1. The third kappa shape index (κ3) is 6.70. The monoisotopic (exact) mass is 274 g/mol. The SMILES string of the molecule is C[N+](C)(Cc1ccccc1)OCCCS(=O)(=O)O. The molecule has 0 aliphatic carbocycles. The molecule has 0 amide bonds. The van der Waals surface area contributed by atoms with E-state index in [1.807, 2.05) is 44.4 Å². The van der Waals surface area contributed by atoms with E-state index in [0.29, 0.717) is 17.8 Å². The first-order valence-electron chi connectivity index (χ1n) is 5.75. The summed E-state index contributed by atoms with van der Waals surface area (Å²) in [6, 6.07) is 9.92.